The summed E-state index contributed by atoms with van der Waals surface area (Å²) in [6, 6.07) is 17.4. The quantitative estimate of drug-likeness (QED) is 0.259. The summed E-state index contributed by atoms with van der Waals surface area (Å²) in [4.78, 5) is 15.0. The Labute approximate surface area is 222 Å². The van der Waals surface area contributed by atoms with Gasteiger partial charge in [0.05, 0.1) is 11.3 Å². The maximum atomic E-state index is 10.7. The first kappa shape index (κ1) is 28.3. The van der Waals surface area contributed by atoms with E-state index in [4.69, 9.17) is 4.74 Å². The first-order valence-corrected chi connectivity index (χ1v) is 13.4. The van der Waals surface area contributed by atoms with Gasteiger partial charge < -0.3 is 9.84 Å². The van der Waals surface area contributed by atoms with Gasteiger partial charge in [0, 0.05) is 22.7 Å². The van der Waals surface area contributed by atoms with Gasteiger partial charge in [-0.2, -0.15) is 0 Å². The molecule has 1 aromatic heterocycles. The van der Waals surface area contributed by atoms with E-state index in [-0.39, 0.29) is 12.0 Å². The first-order valence-electron chi connectivity index (χ1n) is 13.4. The van der Waals surface area contributed by atoms with E-state index in [1.165, 1.54) is 22.3 Å². The average Bonchev–Trinajstić information content (AvgIpc) is 2.92. The molecule has 0 radical (unpaired) electrons. The second kappa shape index (κ2) is 12.3. The number of aromatic nitrogens is 1. The predicted molar refractivity (Wildman–Crippen MR) is 152 cm³/mol. The van der Waals surface area contributed by atoms with Crippen molar-refractivity contribution in [2.24, 2.45) is 0 Å². The highest BCUT2D eigenvalue weighted by molar-refractivity contribution is 5.65. The van der Waals surface area contributed by atoms with Gasteiger partial charge in [-0.25, -0.2) is 0 Å². The maximum absolute atomic E-state index is 10.7. The van der Waals surface area contributed by atoms with E-state index in [1.54, 1.807) is 6.20 Å². The molecule has 2 aromatic carbocycles. The Hall–Kier alpha value is -3.24. The van der Waals surface area contributed by atoms with Gasteiger partial charge in [0.15, 0.2) is 0 Å². The van der Waals surface area contributed by atoms with E-state index < -0.39 is 5.60 Å². The lowest BCUT2D eigenvalue weighted by molar-refractivity contribution is -0.129. The zero-order valence-corrected chi connectivity index (χ0v) is 23.2. The molecule has 196 valence electrons. The molecule has 0 amide bonds. The van der Waals surface area contributed by atoms with E-state index in [1.807, 2.05) is 32.1 Å². The van der Waals surface area contributed by atoms with Crippen molar-refractivity contribution < 1.29 is 14.6 Å². The first-order chi connectivity index (χ1) is 17.8. The Morgan fingerprint density at radius 1 is 0.865 bits per heavy atom. The lowest BCUT2D eigenvalue weighted by Crippen LogP contribution is -2.26. The van der Waals surface area contributed by atoms with Crippen LogP contribution in [0.25, 0.3) is 17.3 Å². The van der Waals surface area contributed by atoms with Crippen LogP contribution in [0, 0.1) is 13.8 Å². The molecule has 0 aliphatic heterocycles. The minimum Gasteiger partial charge on any atom is -0.463 e. The lowest BCUT2D eigenvalue weighted by atomic mass is 9.69. The van der Waals surface area contributed by atoms with Gasteiger partial charge in [-0.15, -0.1) is 0 Å². The molecular formula is C33H41NO3. The normalized spacial score (nSPS) is 12.2. The number of pyridine rings is 1. The second-order valence-electron chi connectivity index (χ2n) is 9.99. The van der Waals surface area contributed by atoms with Crippen molar-refractivity contribution in [3.63, 3.8) is 0 Å². The average molecular weight is 500 g/mol. The van der Waals surface area contributed by atoms with E-state index in [9.17, 15) is 9.90 Å². The molecule has 0 aliphatic rings. The van der Waals surface area contributed by atoms with Crippen molar-refractivity contribution in [1.29, 1.82) is 0 Å². The molecule has 4 nitrogen and oxygen atoms in total. The summed E-state index contributed by atoms with van der Waals surface area (Å²) >= 11 is 0. The van der Waals surface area contributed by atoms with Crippen LogP contribution in [0.1, 0.15) is 86.8 Å². The van der Waals surface area contributed by atoms with E-state index >= 15 is 0 Å². The number of hydrogen-bond donors (Lipinski definition) is 1. The van der Waals surface area contributed by atoms with E-state index in [0.29, 0.717) is 19.3 Å². The highest BCUT2D eigenvalue weighted by Gasteiger charge is 2.31. The van der Waals surface area contributed by atoms with Crippen LogP contribution in [0.15, 0.2) is 60.8 Å². The van der Waals surface area contributed by atoms with Crippen molar-refractivity contribution in [3.8, 4) is 11.3 Å². The Kier molecular flexibility index (Phi) is 9.45. The minimum absolute atomic E-state index is 0.0900. The molecule has 0 saturated heterocycles. The third-order valence-electron chi connectivity index (χ3n) is 8.02. The number of carbonyl (C=O) groups excluding carboxylic acids is 1. The number of benzene rings is 2. The number of aliphatic hydroxyl groups is 1. The SMILES string of the molecule is CCC(O)(/C=C/c1ccc(C(CC)(CC)c2ccc(-c3ccc(COC=O)cn3)c(C)c2)cc1C)CC. The fourth-order valence-corrected chi connectivity index (χ4v) is 5.17. The molecule has 0 saturated carbocycles. The van der Waals surface area contributed by atoms with Crippen molar-refractivity contribution in [1.82, 2.24) is 4.98 Å². The standard InChI is InChI=1S/C33H41NO3/c1-7-32(36,8-2)18-17-27-12-13-28(19-24(27)5)33(9-3,10-4)29-14-15-30(25(6)20-29)31-16-11-26(21-34-31)22-37-23-35/h11-21,23,36H,7-10,22H2,1-6H3/b18-17+. The van der Waals surface area contributed by atoms with E-state index in [2.05, 4.69) is 75.2 Å². The Bertz CT molecular complexity index is 1220. The van der Waals surface area contributed by atoms with Crippen molar-refractivity contribution in [3.05, 3.63) is 94.2 Å². The molecule has 1 heterocycles. The summed E-state index contributed by atoms with van der Waals surface area (Å²) in [5, 5.41) is 10.7. The molecule has 0 spiro atoms. The molecule has 0 bridgehead atoms. The highest BCUT2D eigenvalue weighted by Crippen LogP contribution is 2.41. The maximum Gasteiger partial charge on any atom is 0.293 e. The van der Waals surface area contributed by atoms with Crippen LogP contribution in [-0.2, 0) is 21.6 Å². The van der Waals surface area contributed by atoms with Crippen LogP contribution in [0.5, 0.6) is 0 Å². The van der Waals surface area contributed by atoms with Crippen LogP contribution < -0.4 is 0 Å². The molecule has 0 unspecified atom stereocenters. The second-order valence-corrected chi connectivity index (χ2v) is 9.99. The van der Waals surface area contributed by atoms with E-state index in [0.717, 1.165) is 35.2 Å². The van der Waals surface area contributed by atoms with Gasteiger partial charge in [0.1, 0.15) is 6.61 Å². The largest absolute Gasteiger partial charge is 0.463 e. The monoisotopic (exact) mass is 499 g/mol. The number of nitrogens with zero attached hydrogens (tertiary/aromatic N) is 1. The number of aryl methyl sites for hydroxylation is 2. The molecule has 4 heteroatoms. The highest BCUT2D eigenvalue weighted by atomic mass is 16.5. The number of rotatable bonds is 12. The van der Waals surface area contributed by atoms with Gasteiger partial charge in [-0.3, -0.25) is 9.78 Å². The van der Waals surface area contributed by atoms with Crippen LogP contribution in [0.4, 0.5) is 0 Å². The Balaban J connectivity index is 1.95. The zero-order chi connectivity index (χ0) is 27.1. The third kappa shape index (κ3) is 6.19. The van der Waals surface area contributed by atoms with Crippen LogP contribution >= 0.6 is 0 Å². The summed E-state index contributed by atoms with van der Waals surface area (Å²) in [5.41, 5.74) is 8.20. The number of ether oxygens (including phenoxy) is 1. The molecule has 1 N–H and O–H groups in total. The van der Waals surface area contributed by atoms with Gasteiger partial charge in [-0.1, -0.05) is 82.3 Å². The summed E-state index contributed by atoms with van der Waals surface area (Å²) in [5.74, 6) is 0. The molecule has 0 aliphatic carbocycles. The smallest absolute Gasteiger partial charge is 0.293 e. The molecule has 0 atom stereocenters. The fourth-order valence-electron chi connectivity index (χ4n) is 5.17. The van der Waals surface area contributed by atoms with Gasteiger partial charge >= 0.3 is 0 Å². The predicted octanol–water partition coefficient (Wildman–Crippen LogP) is 7.71. The summed E-state index contributed by atoms with van der Waals surface area (Å²) in [6.45, 7) is 13.5. The van der Waals surface area contributed by atoms with Gasteiger partial charge in [-0.05, 0) is 73.4 Å². The van der Waals surface area contributed by atoms with Gasteiger partial charge in [0.2, 0.25) is 0 Å². The molecule has 3 rings (SSSR count). The van der Waals surface area contributed by atoms with Gasteiger partial charge in [0.25, 0.3) is 6.47 Å². The number of hydrogen-bond acceptors (Lipinski definition) is 4. The minimum atomic E-state index is -0.751. The third-order valence-corrected chi connectivity index (χ3v) is 8.02. The summed E-state index contributed by atoms with van der Waals surface area (Å²) in [6.07, 6.45) is 9.16. The Morgan fingerprint density at radius 3 is 2.03 bits per heavy atom. The topological polar surface area (TPSA) is 59.4 Å². The van der Waals surface area contributed by atoms with Crippen molar-refractivity contribution in [2.45, 2.75) is 84.8 Å². The van der Waals surface area contributed by atoms with Crippen molar-refractivity contribution in [2.75, 3.05) is 0 Å². The Morgan fingerprint density at radius 2 is 1.51 bits per heavy atom. The van der Waals surface area contributed by atoms with Crippen LogP contribution in [0.2, 0.25) is 0 Å². The lowest BCUT2D eigenvalue weighted by Gasteiger charge is -2.34. The summed E-state index contributed by atoms with van der Waals surface area (Å²) in [7, 11) is 0. The summed E-state index contributed by atoms with van der Waals surface area (Å²) < 4.78 is 4.83. The zero-order valence-electron chi connectivity index (χ0n) is 23.2. The molecule has 37 heavy (non-hydrogen) atoms. The molecular weight excluding hydrogens is 458 g/mol. The fraction of sp³-hybridized carbons (Fsp3) is 0.394. The van der Waals surface area contributed by atoms with Crippen LogP contribution in [0.3, 0.4) is 0 Å². The number of carbonyl (C=O) groups is 1. The molecule has 3 aromatic rings. The van der Waals surface area contributed by atoms with Crippen molar-refractivity contribution >= 4 is 12.5 Å². The molecule has 0 fully saturated rings. The van der Waals surface area contributed by atoms with Crippen LogP contribution in [-0.4, -0.2) is 22.2 Å².